The zero-order valence-electron chi connectivity index (χ0n) is 8.75. The van der Waals surface area contributed by atoms with Crippen LogP contribution < -0.4 is 5.32 Å². The third kappa shape index (κ3) is 2.36. The fourth-order valence-corrected chi connectivity index (χ4v) is 1.39. The van der Waals surface area contributed by atoms with Gasteiger partial charge in [0.05, 0.1) is 11.6 Å². The van der Waals surface area contributed by atoms with E-state index in [9.17, 15) is 4.79 Å². The second-order valence-corrected chi connectivity index (χ2v) is 3.54. The van der Waals surface area contributed by atoms with Crippen molar-refractivity contribution in [3.8, 4) is 0 Å². The number of tetrazole rings is 1. The molecule has 2 rings (SSSR count). The van der Waals surface area contributed by atoms with E-state index in [1.165, 1.54) is 6.33 Å². The molecule has 0 saturated heterocycles. The van der Waals surface area contributed by atoms with Crippen molar-refractivity contribution in [2.24, 2.45) is 0 Å². The third-order valence-electron chi connectivity index (χ3n) is 2.06. The largest absolute Gasteiger partial charge is 0.359 e. The van der Waals surface area contributed by atoms with Crippen LogP contribution in [0.25, 0.3) is 0 Å². The predicted molar refractivity (Wildman–Crippen MR) is 58.6 cm³/mol. The fourth-order valence-electron chi connectivity index (χ4n) is 1.22. The highest BCUT2D eigenvalue weighted by Gasteiger charge is 2.15. The summed E-state index contributed by atoms with van der Waals surface area (Å²) in [5, 5.41) is 16.5. The monoisotopic (exact) mass is 253 g/mol. The van der Waals surface area contributed by atoms with Crippen LogP contribution in [0.2, 0.25) is 5.15 Å². The summed E-state index contributed by atoms with van der Waals surface area (Å²) in [5.41, 5.74) is 0.199. The van der Waals surface area contributed by atoms with Gasteiger partial charge in [-0.2, -0.15) is 5.21 Å². The van der Waals surface area contributed by atoms with Crippen LogP contribution in [-0.4, -0.2) is 36.9 Å². The van der Waals surface area contributed by atoms with Crippen LogP contribution in [-0.2, 0) is 0 Å². The number of nitrogens with one attached hydrogen (secondary N) is 2. The summed E-state index contributed by atoms with van der Waals surface area (Å²) >= 11 is 5.77. The molecule has 0 spiro atoms. The van der Waals surface area contributed by atoms with E-state index in [1.807, 2.05) is 0 Å². The topological polar surface area (TPSA) is 109 Å². The SMILES string of the molecule is CC(Nc1ncnc(Cl)c1C=O)c1nn[nH]n1. The zero-order valence-corrected chi connectivity index (χ0v) is 9.51. The van der Waals surface area contributed by atoms with Crippen LogP contribution in [0.3, 0.4) is 0 Å². The van der Waals surface area contributed by atoms with Gasteiger partial charge < -0.3 is 5.32 Å². The number of aromatic amines is 1. The molecule has 0 aliphatic heterocycles. The summed E-state index contributed by atoms with van der Waals surface area (Å²) in [6, 6.07) is -0.265. The Kier molecular flexibility index (Phi) is 3.24. The van der Waals surface area contributed by atoms with Crippen molar-refractivity contribution in [2.75, 3.05) is 5.32 Å². The van der Waals surface area contributed by atoms with Gasteiger partial charge in [0.2, 0.25) is 0 Å². The highest BCUT2D eigenvalue weighted by atomic mass is 35.5. The Morgan fingerprint density at radius 2 is 2.35 bits per heavy atom. The van der Waals surface area contributed by atoms with E-state index in [-0.39, 0.29) is 16.8 Å². The van der Waals surface area contributed by atoms with Crippen molar-refractivity contribution < 1.29 is 4.79 Å². The average Bonchev–Trinajstić information content (AvgIpc) is 2.82. The quantitative estimate of drug-likeness (QED) is 0.607. The molecule has 17 heavy (non-hydrogen) atoms. The number of carbonyl (C=O) groups is 1. The van der Waals surface area contributed by atoms with Crippen LogP contribution >= 0.6 is 11.6 Å². The van der Waals surface area contributed by atoms with E-state index >= 15 is 0 Å². The molecule has 2 N–H and O–H groups in total. The summed E-state index contributed by atoms with van der Waals surface area (Å²) in [6.07, 6.45) is 1.86. The van der Waals surface area contributed by atoms with Gasteiger partial charge in [-0.05, 0) is 6.92 Å². The maximum absolute atomic E-state index is 10.9. The van der Waals surface area contributed by atoms with Crippen LogP contribution in [0.15, 0.2) is 6.33 Å². The van der Waals surface area contributed by atoms with E-state index in [4.69, 9.17) is 11.6 Å². The van der Waals surface area contributed by atoms with Crippen molar-refractivity contribution >= 4 is 23.7 Å². The molecule has 0 aromatic carbocycles. The number of aldehydes is 1. The lowest BCUT2D eigenvalue weighted by Gasteiger charge is -2.12. The smallest absolute Gasteiger partial charge is 0.196 e. The molecule has 0 amide bonds. The minimum atomic E-state index is -0.265. The number of hydrogen-bond donors (Lipinski definition) is 2. The van der Waals surface area contributed by atoms with Crippen LogP contribution in [0.4, 0.5) is 5.82 Å². The first-order valence-corrected chi connectivity index (χ1v) is 5.05. The first kappa shape index (κ1) is 11.4. The number of aromatic nitrogens is 6. The first-order chi connectivity index (χ1) is 8.22. The number of H-pyrrole nitrogens is 1. The van der Waals surface area contributed by atoms with Crippen LogP contribution in [0.1, 0.15) is 29.1 Å². The molecule has 9 heteroatoms. The van der Waals surface area contributed by atoms with Gasteiger partial charge in [-0.1, -0.05) is 16.8 Å². The van der Waals surface area contributed by atoms with E-state index < -0.39 is 0 Å². The molecule has 0 aliphatic carbocycles. The Labute approximate surface area is 101 Å². The summed E-state index contributed by atoms with van der Waals surface area (Å²) in [4.78, 5) is 18.5. The van der Waals surface area contributed by atoms with Crippen LogP contribution in [0.5, 0.6) is 0 Å². The number of nitrogens with zero attached hydrogens (tertiary/aromatic N) is 5. The van der Waals surface area contributed by atoms with Gasteiger partial charge in [0.25, 0.3) is 0 Å². The van der Waals surface area contributed by atoms with Gasteiger partial charge in [0.1, 0.15) is 17.3 Å². The van der Waals surface area contributed by atoms with Crippen molar-refractivity contribution in [2.45, 2.75) is 13.0 Å². The third-order valence-corrected chi connectivity index (χ3v) is 2.36. The lowest BCUT2D eigenvalue weighted by molar-refractivity contribution is 0.112. The average molecular weight is 254 g/mol. The summed E-state index contributed by atoms with van der Waals surface area (Å²) in [5.74, 6) is 0.786. The maximum Gasteiger partial charge on any atom is 0.196 e. The molecule has 0 radical (unpaired) electrons. The number of anilines is 1. The minimum Gasteiger partial charge on any atom is -0.359 e. The normalized spacial score (nSPS) is 12.1. The summed E-state index contributed by atoms with van der Waals surface area (Å²) < 4.78 is 0. The van der Waals surface area contributed by atoms with Gasteiger partial charge in [0.15, 0.2) is 12.1 Å². The molecule has 0 fully saturated rings. The van der Waals surface area contributed by atoms with Gasteiger partial charge in [0, 0.05) is 0 Å². The molecular weight excluding hydrogens is 246 g/mol. The predicted octanol–water partition coefficient (Wildman–Crippen LogP) is 0.629. The van der Waals surface area contributed by atoms with Gasteiger partial charge >= 0.3 is 0 Å². The van der Waals surface area contributed by atoms with Crippen molar-refractivity contribution in [3.63, 3.8) is 0 Å². The van der Waals surface area contributed by atoms with E-state index in [0.717, 1.165) is 0 Å². The summed E-state index contributed by atoms with van der Waals surface area (Å²) in [6.45, 7) is 1.80. The molecule has 2 heterocycles. The summed E-state index contributed by atoms with van der Waals surface area (Å²) in [7, 11) is 0. The number of rotatable bonds is 4. The zero-order chi connectivity index (χ0) is 12.3. The first-order valence-electron chi connectivity index (χ1n) is 4.68. The maximum atomic E-state index is 10.9. The molecule has 0 saturated carbocycles. The van der Waals surface area contributed by atoms with Gasteiger partial charge in [-0.3, -0.25) is 4.79 Å². The molecular formula is C8H8ClN7O. The Morgan fingerprint density at radius 1 is 1.53 bits per heavy atom. The second-order valence-electron chi connectivity index (χ2n) is 3.18. The van der Waals surface area contributed by atoms with E-state index in [1.54, 1.807) is 6.92 Å². The Bertz CT molecular complexity index is 515. The Balaban J connectivity index is 2.24. The molecule has 88 valence electrons. The highest BCUT2D eigenvalue weighted by molar-refractivity contribution is 6.32. The number of halogens is 1. The molecule has 8 nitrogen and oxygen atoms in total. The molecule has 1 atom stereocenters. The Morgan fingerprint density at radius 3 is 3.00 bits per heavy atom. The van der Waals surface area contributed by atoms with Gasteiger partial charge in [-0.15, -0.1) is 10.2 Å². The molecule has 2 aromatic rings. The lowest BCUT2D eigenvalue weighted by Crippen LogP contribution is -2.12. The number of carbonyl (C=O) groups excluding carboxylic acids is 1. The van der Waals surface area contributed by atoms with E-state index in [0.29, 0.717) is 17.9 Å². The molecule has 1 unspecified atom stereocenters. The second kappa shape index (κ2) is 4.83. The number of hydrogen-bond acceptors (Lipinski definition) is 7. The van der Waals surface area contributed by atoms with Crippen molar-refractivity contribution in [3.05, 3.63) is 22.9 Å². The molecule has 0 bridgehead atoms. The van der Waals surface area contributed by atoms with Crippen LogP contribution in [0, 0.1) is 0 Å². The molecule has 2 aromatic heterocycles. The van der Waals surface area contributed by atoms with Crippen molar-refractivity contribution in [1.29, 1.82) is 0 Å². The minimum absolute atomic E-state index is 0.0952. The van der Waals surface area contributed by atoms with E-state index in [2.05, 4.69) is 35.9 Å². The van der Waals surface area contributed by atoms with Gasteiger partial charge in [-0.25, -0.2) is 9.97 Å². The standard InChI is InChI=1S/C8H8ClN7O/c1-4(7-13-15-16-14-7)12-8-5(2-17)6(9)10-3-11-8/h2-4H,1H3,(H,10,11,12)(H,13,14,15,16). The highest BCUT2D eigenvalue weighted by Crippen LogP contribution is 2.20. The molecule has 0 aliphatic rings. The lowest BCUT2D eigenvalue weighted by atomic mass is 10.3. The fraction of sp³-hybridized carbons (Fsp3) is 0.250. The Hall–Kier alpha value is -2.09. The van der Waals surface area contributed by atoms with Crippen molar-refractivity contribution in [1.82, 2.24) is 30.6 Å².